The minimum atomic E-state index is -0.417. The number of fused-ring (bicyclic) bond motifs is 1. The van der Waals surface area contributed by atoms with Crippen LogP contribution in [0.3, 0.4) is 0 Å². The lowest BCUT2D eigenvalue weighted by molar-refractivity contribution is 0.165. The first-order chi connectivity index (χ1) is 18.4. The van der Waals surface area contributed by atoms with E-state index in [1.807, 2.05) is 48.5 Å². The number of rotatable bonds is 8. The molecule has 0 spiro atoms. The maximum absolute atomic E-state index is 13.0. The predicted octanol–water partition coefficient (Wildman–Crippen LogP) is 6.74. The highest BCUT2D eigenvalue weighted by molar-refractivity contribution is 5.97. The second-order valence-electron chi connectivity index (χ2n) is 10.3. The summed E-state index contributed by atoms with van der Waals surface area (Å²) in [5, 5.41) is 10.2. The van der Waals surface area contributed by atoms with Crippen LogP contribution in [0.4, 0.5) is 10.1 Å². The zero-order valence-electron chi connectivity index (χ0n) is 22.0. The highest BCUT2D eigenvalue weighted by atomic mass is 19.1. The van der Waals surface area contributed by atoms with Gasteiger partial charge in [-0.3, -0.25) is 9.29 Å². The van der Waals surface area contributed by atoms with Crippen LogP contribution in [0.1, 0.15) is 48.6 Å². The minimum absolute atomic E-state index is 0.145. The zero-order chi connectivity index (χ0) is 26.8. The van der Waals surface area contributed by atoms with Gasteiger partial charge in [0.2, 0.25) is 0 Å². The molecule has 0 aliphatic carbocycles. The molecule has 0 saturated carbocycles. The van der Waals surface area contributed by atoms with Gasteiger partial charge in [-0.2, -0.15) is 0 Å². The topological polar surface area (TPSA) is 68.0 Å². The molecule has 0 amide bonds. The van der Waals surface area contributed by atoms with E-state index in [9.17, 15) is 9.50 Å². The average molecular weight is 515 g/mol. The van der Waals surface area contributed by atoms with Crippen molar-refractivity contribution < 1.29 is 19.0 Å². The van der Waals surface area contributed by atoms with Gasteiger partial charge in [-0.25, -0.2) is 0 Å². The molecule has 1 fully saturated rings. The zero-order valence-corrected chi connectivity index (χ0v) is 22.0. The number of nitrogens with two attached hydrogens (primary N) is 1. The number of ether oxygens (including phenoxy) is 2. The van der Waals surface area contributed by atoms with Gasteiger partial charge in [0.15, 0.2) is 0 Å². The number of halogens is 1. The maximum atomic E-state index is 13.0. The molecule has 38 heavy (non-hydrogen) atoms. The summed E-state index contributed by atoms with van der Waals surface area (Å²) in [5.74, 6) is 1.82. The summed E-state index contributed by atoms with van der Waals surface area (Å²) >= 11 is 0. The Hall–Kier alpha value is -3.77. The Morgan fingerprint density at radius 2 is 2.00 bits per heavy atom. The number of hydrogen-bond donors (Lipinski definition) is 2. The van der Waals surface area contributed by atoms with Gasteiger partial charge in [0.25, 0.3) is 0 Å². The Kier molecular flexibility index (Phi) is 7.43. The molecule has 5 rings (SSSR count). The SMILES string of the molecule is C=Cc1c(N)ccc2c1OC(c1ccc(OCC(C)N3CCC(CF)C3)cc1)C(c1cccc(O)c1)=C2C. The van der Waals surface area contributed by atoms with E-state index in [0.717, 1.165) is 58.7 Å². The van der Waals surface area contributed by atoms with Gasteiger partial charge in [-0.1, -0.05) is 36.9 Å². The van der Waals surface area contributed by atoms with E-state index in [2.05, 4.69) is 25.3 Å². The fourth-order valence-corrected chi connectivity index (χ4v) is 5.49. The first-order valence-corrected chi connectivity index (χ1v) is 13.1. The van der Waals surface area contributed by atoms with Crippen LogP contribution in [-0.4, -0.2) is 42.4 Å². The van der Waals surface area contributed by atoms with Crippen LogP contribution in [0.25, 0.3) is 17.2 Å². The van der Waals surface area contributed by atoms with Gasteiger partial charge in [-0.15, -0.1) is 0 Å². The number of aromatic hydroxyl groups is 1. The third-order valence-electron chi connectivity index (χ3n) is 7.73. The van der Waals surface area contributed by atoms with Crippen molar-refractivity contribution >= 4 is 22.9 Å². The van der Waals surface area contributed by atoms with Gasteiger partial charge >= 0.3 is 0 Å². The Bertz CT molecular complexity index is 1350. The van der Waals surface area contributed by atoms with E-state index in [1.165, 1.54) is 0 Å². The van der Waals surface area contributed by atoms with E-state index >= 15 is 0 Å². The Morgan fingerprint density at radius 3 is 2.68 bits per heavy atom. The lowest BCUT2D eigenvalue weighted by atomic mass is 9.85. The van der Waals surface area contributed by atoms with Crippen molar-refractivity contribution in [2.45, 2.75) is 32.4 Å². The molecule has 5 nitrogen and oxygen atoms in total. The van der Waals surface area contributed by atoms with Crippen molar-refractivity contribution in [3.8, 4) is 17.2 Å². The second kappa shape index (κ2) is 10.9. The largest absolute Gasteiger partial charge is 0.508 e. The molecule has 3 N–H and O–H groups in total. The molecule has 2 aliphatic heterocycles. The van der Waals surface area contributed by atoms with Crippen LogP contribution in [0.5, 0.6) is 17.2 Å². The highest BCUT2D eigenvalue weighted by Gasteiger charge is 2.31. The summed E-state index contributed by atoms with van der Waals surface area (Å²) in [4.78, 5) is 2.30. The molecule has 2 aliphatic rings. The summed E-state index contributed by atoms with van der Waals surface area (Å²) in [7, 11) is 0. The lowest BCUT2D eigenvalue weighted by Gasteiger charge is -2.32. The molecule has 0 aromatic heterocycles. The van der Waals surface area contributed by atoms with E-state index in [-0.39, 0.29) is 24.4 Å². The fraction of sp³-hybridized carbons (Fsp3) is 0.312. The van der Waals surface area contributed by atoms with Crippen molar-refractivity contribution in [2.75, 3.05) is 32.1 Å². The number of allylic oxidation sites excluding steroid dienone is 1. The standard InChI is InChI=1S/C32H35FN2O3/c1-4-27-29(34)13-12-28-21(3)30(24-6-5-7-25(36)16-24)31(38-32(27)28)23-8-10-26(11-9-23)37-19-20(2)35-15-14-22(17-33)18-35/h4-13,16,20,22,31,36H,1,14-15,17-19,34H2,2-3H3. The van der Waals surface area contributed by atoms with E-state index in [1.54, 1.807) is 18.2 Å². The minimum Gasteiger partial charge on any atom is -0.508 e. The average Bonchev–Trinajstić information content (AvgIpc) is 3.41. The normalized spacial score (nSPS) is 20.1. The van der Waals surface area contributed by atoms with Crippen molar-refractivity contribution in [1.82, 2.24) is 4.90 Å². The Morgan fingerprint density at radius 1 is 1.21 bits per heavy atom. The highest BCUT2D eigenvalue weighted by Crippen LogP contribution is 2.49. The van der Waals surface area contributed by atoms with Gasteiger partial charge in [0, 0.05) is 40.9 Å². The van der Waals surface area contributed by atoms with Crippen LogP contribution in [0.15, 0.2) is 67.2 Å². The molecule has 0 radical (unpaired) electrons. The number of nitrogens with zero attached hydrogens (tertiary/aromatic N) is 1. The van der Waals surface area contributed by atoms with E-state index in [4.69, 9.17) is 15.2 Å². The summed E-state index contributed by atoms with van der Waals surface area (Å²) < 4.78 is 25.8. The van der Waals surface area contributed by atoms with Crippen LogP contribution in [0.2, 0.25) is 0 Å². The summed E-state index contributed by atoms with van der Waals surface area (Å²) in [5.41, 5.74) is 12.5. The number of hydrogen-bond acceptors (Lipinski definition) is 5. The summed E-state index contributed by atoms with van der Waals surface area (Å²) in [6.45, 7) is 10.1. The molecule has 198 valence electrons. The molecule has 3 unspecified atom stereocenters. The molecular formula is C32H35FN2O3. The number of likely N-dealkylation sites (tertiary alicyclic amines) is 1. The van der Waals surface area contributed by atoms with Crippen molar-refractivity contribution in [3.63, 3.8) is 0 Å². The molecule has 6 heteroatoms. The molecule has 3 aromatic carbocycles. The monoisotopic (exact) mass is 514 g/mol. The molecule has 1 saturated heterocycles. The van der Waals surface area contributed by atoms with Crippen molar-refractivity contribution in [3.05, 3.63) is 89.5 Å². The quantitative estimate of drug-likeness (QED) is 0.326. The van der Waals surface area contributed by atoms with Gasteiger partial charge in [0.1, 0.15) is 30.0 Å². The number of phenolic OH excluding ortho intramolecular Hbond substituents is 1. The summed E-state index contributed by atoms with van der Waals surface area (Å²) in [6, 6.07) is 19.2. The molecule has 3 atom stereocenters. The third kappa shape index (κ3) is 5.01. The van der Waals surface area contributed by atoms with Crippen LogP contribution in [-0.2, 0) is 0 Å². The molecule has 2 heterocycles. The predicted molar refractivity (Wildman–Crippen MR) is 152 cm³/mol. The van der Waals surface area contributed by atoms with E-state index < -0.39 is 6.10 Å². The first kappa shape index (κ1) is 25.9. The second-order valence-corrected chi connectivity index (χ2v) is 10.3. The smallest absolute Gasteiger partial charge is 0.150 e. The number of anilines is 1. The number of alkyl halides is 1. The third-order valence-corrected chi connectivity index (χ3v) is 7.73. The molecular weight excluding hydrogens is 479 g/mol. The number of phenols is 1. The maximum Gasteiger partial charge on any atom is 0.150 e. The summed E-state index contributed by atoms with van der Waals surface area (Å²) in [6.07, 6.45) is 2.22. The number of nitrogen functional groups attached to an aromatic ring is 1. The van der Waals surface area contributed by atoms with Gasteiger partial charge in [-0.05, 0) is 79.9 Å². The van der Waals surface area contributed by atoms with Crippen molar-refractivity contribution in [1.29, 1.82) is 0 Å². The van der Waals surface area contributed by atoms with Crippen molar-refractivity contribution in [2.24, 2.45) is 5.92 Å². The molecule has 0 bridgehead atoms. The molecule has 3 aromatic rings. The van der Waals surface area contributed by atoms with Crippen LogP contribution >= 0.6 is 0 Å². The Labute approximate surface area is 224 Å². The van der Waals surface area contributed by atoms with Gasteiger partial charge < -0.3 is 20.3 Å². The first-order valence-electron chi connectivity index (χ1n) is 13.1. The van der Waals surface area contributed by atoms with Gasteiger partial charge in [0.05, 0.1) is 6.67 Å². The Balaban J connectivity index is 1.43. The van der Waals surface area contributed by atoms with Crippen LogP contribution in [0, 0.1) is 5.92 Å². The number of benzene rings is 3. The van der Waals surface area contributed by atoms with Crippen LogP contribution < -0.4 is 15.2 Å². The van der Waals surface area contributed by atoms with E-state index in [0.29, 0.717) is 18.0 Å². The fourth-order valence-electron chi connectivity index (χ4n) is 5.49. The lowest BCUT2D eigenvalue weighted by Crippen LogP contribution is -2.35.